The van der Waals surface area contributed by atoms with Crippen LogP contribution in [0.3, 0.4) is 0 Å². The van der Waals surface area contributed by atoms with Gasteiger partial charge in [0.05, 0.1) is 12.1 Å². The van der Waals surface area contributed by atoms with Crippen molar-refractivity contribution in [1.29, 1.82) is 0 Å². The fraction of sp³-hybridized carbons (Fsp3) is 0.524. The van der Waals surface area contributed by atoms with Crippen molar-refractivity contribution in [1.82, 2.24) is 9.97 Å². The molecule has 1 fully saturated rings. The van der Waals surface area contributed by atoms with E-state index in [1.54, 1.807) is 6.33 Å². The summed E-state index contributed by atoms with van der Waals surface area (Å²) < 4.78 is 5.98. The zero-order valence-electron chi connectivity index (χ0n) is 15.6. The lowest BCUT2D eigenvalue weighted by Crippen LogP contribution is -2.16. The van der Waals surface area contributed by atoms with E-state index in [2.05, 4.69) is 60.3 Å². The molecule has 2 aliphatic rings. The van der Waals surface area contributed by atoms with Gasteiger partial charge in [-0.1, -0.05) is 45.0 Å². The third-order valence-corrected chi connectivity index (χ3v) is 5.83. The second kappa shape index (κ2) is 6.54. The molecule has 1 heterocycles. The molecule has 138 valence electrons. The van der Waals surface area contributed by atoms with Crippen LogP contribution >= 0.6 is 0 Å². The van der Waals surface area contributed by atoms with Crippen molar-refractivity contribution in [2.45, 2.75) is 63.7 Å². The van der Waals surface area contributed by atoms with Gasteiger partial charge in [-0.25, -0.2) is 9.97 Å². The van der Waals surface area contributed by atoms with E-state index in [9.17, 15) is 5.11 Å². The Kier molecular flexibility index (Phi) is 4.35. The first-order chi connectivity index (χ1) is 12.4. The van der Waals surface area contributed by atoms with Gasteiger partial charge in [0, 0.05) is 12.5 Å². The minimum Gasteiger partial charge on any atom is -0.474 e. The Labute approximate surface area is 154 Å². The summed E-state index contributed by atoms with van der Waals surface area (Å²) >= 11 is 0. The van der Waals surface area contributed by atoms with Crippen molar-refractivity contribution in [2.75, 3.05) is 5.32 Å². The monoisotopic (exact) mass is 353 g/mol. The molecule has 5 heteroatoms. The number of aliphatic hydroxyl groups is 1. The molecule has 0 aliphatic heterocycles. The third-order valence-electron chi connectivity index (χ3n) is 5.83. The average Bonchev–Trinajstić information content (AvgIpc) is 3.04. The Morgan fingerprint density at radius 1 is 1.19 bits per heavy atom. The van der Waals surface area contributed by atoms with Crippen molar-refractivity contribution in [3.8, 4) is 5.88 Å². The second-order valence-corrected chi connectivity index (χ2v) is 8.37. The number of hydrogen-bond acceptors (Lipinski definition) is 5. The summed E-state index contributed by atoms with van der Waals surface area (Å²) in [6, 6.07) is 10.7. The van der Waals surface area contributed by atoms with E-state index in [0.717, 1.165) is 18.7 Å². The van der Waals surface area contributed by atoms with E-state index < -0.39 is 0 Å². The molecule has 4 rings (SSSR count). The van der Waals surface area contributed by atoms with Crippen molar-refractivity contribution in [3.63, 3.8) is 0 Å². The van der Waals surface area contributed by atoms with Crippen LogP contribution in [0.4, 0.5) is 5.82 Å². The highest BCUT2D eigenvalue weighted by Gasteiger charge is 2.36. The number of fused-ring (bicyclic) bond motifs is 1. The van der Waals surface area contributed by atoms with E-state index in [4.69, 9.17) is 4.74 Å². The molecule has 2 N–H and O–H groups in total. The minimum absolute atomic E-state index is 0.0221. The molecule has 0 radical (unpaired) electrons. The van der Waals surface area contributed by atoms with Crippen LogP contribution in [0.1, 0.15) is 57.2 Å². The fourth-order valence-corrected chi connectivity index (χ4v) is 4.37. The van der Waals surface area contributed by atoms with Gasteiger partial charge in [-0.2, -0.15) is 0 Å². The number of nitrogens with zero attached hydrogens (tertiary/aromatic N) is 2. The third kappa shape index (κ3) is 3.28. The molecule has 2 aromatic rings. The smallest absolute Gasteiger partial charge is 0.218 e. The molecule has 5 nitrogen and oxygen atoms in total. The predicted octanol–water partition coefficient (Wildman–Crippen LogP) is 3.85. The molecular formula is C21H27N3O2. The Balaban J connectivity index is 1.48. The van der Waals surface area contributed by atoms with E-state index in [1.807, 2.05) is 6.07 Å². The predicted molar refractivity (Wildman–Crippen MR) is 101 cm³/mol. The first-order valence-electron chi connectivity index (χ1n) is 9.45. The molecule has 0 spiro atoms. The van der Waals surface area contributed by atoms with Crippen LogP contribution in [0.15, 0.2) is 36.7 Å². The van der Waals surface area contributed by atoms with Crippen LogP contribution in [0.25, 0.3) is 0 Å². The fourth-order valence-electron chi connectivity index (χ4n) is 4.37. The summed E-state index contributed by atoms with van der Waals surface area (Å²) in [5, 5.41) is 13.5. The largest absolute Gasteiger partial charge is 0.474 e. The highest BCUT2D eigenvalue weighted by atomic mass is 16.5. The lowest BCUT2D eigenvalue weighted by molar-refractivity contribution is 0.128. The van der Waals surface area contributed by atoms with Crippen LogP contribution in [-0.4, -0.2) is 27.3 Å². The molecule has 2 aliphatic carbocycles. The number of anilines is 1. The number of ether oxygens (including phenoxy) is 1. The zero-order chi connectivity index (χ0) is 18.3. The summed E-state index contributed by atoms with van der Waals surface area (Å²) in [6.07, 6.45) is 3.83. The Hall–Kier alpha value is -2.14. The number of nitrogens with one attached hydrogen (secondary N) is 1. The van der Waals surface area contributed by atoms with Gasteiger partial charge >= 0.3 is 0 Å². The molecule has 1 aromatic heterocycles. The zero-order valence-corrected chi connectivity index (χ0v) is 15.6. The molecule has 0 unspecified atom stereocenters. The highest BCUT2D eigenvalue weighted by Crippen LogP contribution is 2.45. The molecule has 0 saturated heterocycles. The van der Waals surface area contributed by atoms with Crippen molar-refractivity contribution in [2.24, 2.45) is 5.92 Å². The lowest BCUT2D eigenvalue weighted by Gasteiger charge is -2.20. The summed E-state index contributed by atoms with van der Waals surface area (Å²) in [7, 11) is 0. The number of benzene rings is 1. The normalized spacial score (nSPS) is 29.4. The average molecular weight is 353 g/mol. The van der Waals surface area contributed by atoms with E-state index >= 15 is 0 Å². The molecule has 1 aromatic carbocycles. The van der Waals surface area contributed by atoms with Gasteiger partial charge in [0.25, 0.3) is 0 Å². The van der Waals surface area contributed by atoms with Crippen LogP contribution in [0.2, 0.25) is 0 Å². The molecular weight excluding hydrogens is 326 g/mol. The maximum absolute atomic E-state index is 9.91. The van der Waals surface area contributed by atoms with Crippen LogP contribution in [0.5, 0.6) is 5.88 Å². The van der Waals surface area contributed by atoms with Crippen LogP contribution in [0, 0.1) is 5.92 Å². The molecule has 26 heavy (non-hydrogen) atoms. The van der Waals surface area contributed by atoms with Gasteiger partial charge in [0.15, 0.2) is 0 Å². The van der Waals surface area contributed by atoms with Crippen molar-refractivity contribution < 1.29 is 9.84 Å². The molecule has 4 atom stereocenters. The topological polar surface area (TPSA) is 67.3 Å². The number of aromatic nitrogens is 2. The Morgan fingerprint density at radius 3 is 2.77 bits per heavy atom. The maximum atomic E-state index is 9.91. The first-order valence-corrected chi connectivity index (χ1v) is 9.45. The SMILES string of the molecule is C[C@H]1C[C@@H](Oc2cc(N[C@H]3CC(C)(C)c4ccccc43)ncn2)C[C@@H]1O. The highest BCUT2D eigenvalue weighted by molar-refractivity contribution is 5.48. The summed E-state index contributed by atoms with van der Waals surface area (Å²) in [5.41, 5.74) is 2.89. The standard InChI is InChI=1S/C21H27N3O2/c1-13-8-14(9-18(13)25)26-20-10-19(22-12-23-20)24-17-11-21(2,3)16-7-5-4-6-15(16)17/h4-7,10,12-14,17-18,25H,8-9,11H2,1-3H3,(H,22,23,24)/t13-,14+,17-,18-/m0/s1. The van der Waals surface area contributed by atoms with E-state index in [-0.39, 0.29) is 29.6 Å². The van der Waals surface area contributed by atoms with Crippen molar-refractivity contribution >= 4 is 5.82 Å². The summed E-state index contributed by atoms with van der Waals surface area (Å²) in [4.78, 5) is 8.62. The van der Waals surface area contributed by atoms with Gasteiger partial charge in [-0.05, 0) is 35.3 Å². The molecule has 0 amide bonds. The quantitative estimate of drug-likeness (QED) is 0.874. The maximum Gasteiger partial charge on any atom is 0.218 e. The lowest BCUT2D eigenvalue weighted by atomic mass is 9.86. The van der Waals surface area contributed by atoms with Gasteiger partial charge in [0.1, 0.15) is 18.2 Å². The van der Waals surface area contributed by atoms with Gasteiger partial charge in [0.2, 0.25) is 5.88 Å². The van der Waals surface area contributed by atoms with Crippen LogP contribution < -0.4 is 10.1 Å². The number of rotatable bonds is 4. The summed E-state index contributed by atoms with van der Waals surface area (Å²) in [5.74, 6) is 1.62. The number of aliphatic hydroxyl groups excluding tert-OH is 1. The van der Waals surface area contributed by atoms with Crippen molar-refractivity contribution in [3.05, 3.63) is 47.8 Å². The van der Waals surface area contributed by atoms with Gasteiger partial charge in [-0.3, -0.25) is 0 Å². The molecule has 0 bridgehead atoms. The van der Waals surface area contributed by atoms with E-state index in [0.29, 0.717) is 12.3 Å². The minimum atomic E-state index is -0.281. The molecule has 1 saturated carbocycles. The first kappa shape index (κ1) is 17.3. The van der Waals surface area contributed by atoms with Gasteiger partial charge in [-0.15, -0.1) is 0 Å². The Morgan fingerprint density at radius 2 is 2.00 bits per heavy atom. The summed E-state index contributed by atoms with van der Waals surface area (Å²) in [6.45, 7) is 6.63. The Bertz CT molecular complexity index is 782. The number of hydrogen-bond donors (Lipinski definition) is 2. The van der Waals surface area contributed by atoms with E-state index in [1.165, 1.54) is 11.1 Å². The van der Waals surface area contributed by atoms with Crippen LogP contribution in [-0.2, 0) is 5.41 Å². The van der Waals surface area contributed by atoms with Gasteiger partial charge < -0.3 is 15.2 Å². The second-order valence-electron chi connectivity index (χ2n) is 8.37.